The van der Waals surface area contributed by atoms with Gasteiger partial charge in [-0.1, -0.05) is 84.6 Å². The van der Waals surface area contributed by atoms with Gasteiger partial charge in [-0.3, -0.25) is 0 Å². The highest BCUT2D eigenvalue weighted by atomic mass is 14.9. The fourth-order valence-corrected chi connectivity index (χ4v) is 2.00. The lowest BCUT2D eigenvalue weighted by Gasteiger charge is -2.14. The smallest absolute Gasteiger partial charge is 0.0645 e. The van der Waals surface area contributed by atoms with Crippen molar-refractivity contribution in [2.75, 3.05) is 5.32 Å². The molecule has 0 saturated carbocycles. The summed E-state index contributed by atoms with van der Waals surface area (Å²) in [6.07, 6.45) is 0. The highest BCUT2D eigenvalue weighted by Crippen LogP contribution is 2.34. The molecular weight excluding hydrogens is 302 g/mol. The maximum absolute atomic E-state index is 9.05. The molecule has 0 aromatic heterocycles. The Kier molecular flexibility index (Phi) is 1.44. The van der Waals surface area contributed by atoms with E-state index in [0.717, 1.165) is 0 Å². The molecule has 0 aliphatic heterocycles. The van der Waals surface area contributed by atoms with Gasteiger partial charge in [-0.15, -0.1) is 0 Å². The van der Waals surface area contributed by atoms with Crippen LogP contribution in [0.5, 0.6) is 0 Å². The second kappa shape index (κ2) is 7.06. The zero-order chi connectivity index (χ0) is 32.6. The zero-order valence-electron chi connectivity index (χ0n) is 30.5. The maximum atomic E-state index is 9.05. The summed E-state index contributed by atoms with van der Waals surface area (Å²) in [6, 6.07) is -14.7. The molecule has 0 atom stereocenters. The number of nitrogens with one attached hydrogen (secondary N) is 1. The van der Waals surface area contributed by atoms with Crippen LogP contribution in [-0.2, 0) is 0 Å². The summed E-state index contributed by atoms with van der Waals surface area (Å²) in [4.78, 5) is 0. The van der Waals surface area contributed by atoms with Crippen LogP contribution in [0.4, 0.5) is 11.4 Å². The third-order valence-electron chi connectivity index (χ3n) is 3.06. The molecule has 0 unspecified atom stereocenters. The third kappa shape index (κ3) is 3.46. The third-order valence-corrected chi connectivity index (χ3v) is 3.06. The van der Waals surface area contributed by atoms with Gasteiger partial charge in [0.25, 0.3) is 0 Å². The Hall–Kier alpha value is -3.32. The van der Waals surface area contributed by atoms with Crippen LogP contribution in [0.3, 0.4) is 0 Å². The van der Waals surface area contributed by atoms with Crippen molar-refractivity contribution in [2.45, 2.75) is 0 Å². The fraction of sp³-hybridized carbons (Fsp3) is 0. The monoisotopic (exact) mass is 339 g/mol. The predicted octanol–water partition coefficient (Wildman–Crippen LogP) is 6.76. The summed E-state index contributed by atoms with van der Waals surface area (Å²) in [7, 11) is 0. The largest absolute Gasteiger partial charge is 0.355 e. The molecule has 0 heterocycles. The van der Waals surface area contributed by atoms with Crippen LogP contribution < -0.4 is 5.32 Å². The van der Waals surface area contributed by atoms with Crippen molar-refractivity contribution in [1.82, 2.24) is 0 Å². The molecule has 4 rings (SSSR count). The summed E-state index contributed by atoms with van der Waals surface area (Å²) < 4.78 is 149. The second-order valence-corrected chi connectivity index (χ2v) is 4.62. The maximum Gasteiger partial charge on any atom is 0.0645 e. The highest BCUT2D eigenvalue weighted by molar-refractivity contribution is 5.85. The van der Waals surface area contributed by atoms with Gasteiger partial charge in [0.2, 0.25) is 0 Å². The number of benzene rings is 4. The fourth-order valence-electron chi connectivity index (χ4n) is 2.00. The van der Waals surface area contributed by atoms with Gasteiger partial charge in [0, 0.05) is 16.9 Å². The molecule has 1 N–H and O–H groups in total. The van der Waals surface area contributed by atoms with Gasteiger partial charge in [0.1, 0.15) is 0 Å². The lowest BCUT2D eigenvalue weighted by atomic mass is 9.97. The van der Waals surface area contributed by atoms with Gasteiger partial charge in [-0.25, -0.2) is 0 Å². The van der Waals surface area contributed by atoms with Crippen LogP contribution in [0, 0.1) is 0 Å². The van der Waals surface area contributed by atoms with Gasteiger partial charge < -0.3 is 5.32 Å². The Morgan fingerprint density at radius 2 is 1.08 bits per heavy atom. The van der Waals surface area contributed by atoms with Crippen molar-refractivity contribution in [3.8, 4) is 22.3 Å². The van der Waals surface area contributed by atoms with Crippen molar-refractivity contribution in [3.63, 3.8) is 0 Å². The molecule has 0 fully saturated rings. The Labute approximate surface area is 173 Å². The minimum Gasteiger partial charge on any atom is -0.355 e. The SMILES string of the molecule is [2H]c1c([2H])c([2H])c(Nc2c([2H])c([2H])c(-c3c([2H])c([2H])c([2H])c([2H])c3[2H])c([2H])c2-c2c([2H])c([2H])c([2H])c([2H])c2[2H])c([2H])c1[2H]. The minimum atomic E-state index is -0.883. The van der Waals surface area contributed by atoms with Gasteiger partial charge in [0.05, 0.1) is 24.7 Å². The zero-order valence-corrected chi connectivity index (χ0v) is 12.5. The van der Waals surface area contributed by atoms with E-state index in [4.69, 9.17) is 24.7 Å². The molecule has 0 radical (unpaired) electrons. The second-order valence-electron chi connectivity index (χ2n) is 4.62. The summed E-state index contributed by atoms with van der Waals surface area (Å²) in [5.74, 6) is 0. The highest BCUT2D eigenvalue weighted by Gasteiger charge is 2.08. The molecule has 0 aliphatic carbocycles. The minimum absolute atomic E-state index is 0.609. The average molecular weight is 340 g/mol. The number of hydrogen-bond donors (Lipinski definition) is 1. The van der Waals surface area contributed by atoms with E-state index in [1.807, 2.05) is 0 Å². The Morgan fingerprint density at radius 3 is 1.72 bits per heavy atom. The predicted molar refractivity (Wildman–Crippen MR) is 107 cm³/mol. The lowest BCUT2D eigenvalue weighted by Crippen LogP contribution is -1.94. The van der Waals surface area contributed by atoms with E-state index in [1.165, 1.54) is 0 Å². The Balaban J connectivity index is 2.27. The topological polar surface area (TPSA) is 12.0 Å². The number of rotatable bonds is 4. The first-order chi connectivity index (χ1) is 19.9. The molecule has 0 saturated heterocycles. The number of anilines is 2. The molecule has 4 aromatic rings. The average Bonchev–Trinajstić information content (AvgIpc) is 2.98. The van der Waals surface area contributed by atoms with Crippen LogP contribution in [-0.4, -0.2) is 0 Å². The molecule has 25 heavy (non-hydrogen) atoms. The first-order valence-electron chi connectivity index (χ1n) is 16.0. The van der Waals surface area contributed by atoms with Crippen LogP contribution >= 0.6 is 0 Å². The normalized spacial score (nSPS) is 20.5. The van der Waals surface area contributed by atoms with E-state index in [1.54, 1.807) is 0 Å². The van der Waals surface area contributed by atoms with E-state index >= 15 is 0 Å². The summed E-state index contributed by atoms with van der Waals surface area (Å²) >= 11 is 0. The first kappa shape index (κ1) is 5.09. The standard InChI is InChI=1S/C24H19N/c1-4-10-19(11-5-1)21-16-17-24(25-22-14-8-3-9-15-22)23(18-21)20-12-6-2-7-13-20/h1-18,25H/i1D,2D,3D,4D,5D,6D,7D,8D,9D,10D,11D,12D,13D,14D,15D,16D,17D,18D. The van der Waals surface area contributed by atoms with Gasteiger partial charge in [-0.2, -0.15) is 0 Å². The summed E-state index contributed by atoms with van der Waals surface area (Å²) in [5, 5.41) is 2.45. The molecule has 0 bridgehead atoms. The van der Waals surface area contributed by atoms with Crippen molar-refractivity contribution in [3.05, 3.63) is 109 Å². The van der Waals surface area contributed by atoms with E-state index < -0.39 is 142 Å². The van der Waals surface area contributed by atoms with Crippen LogP contribution in [0.1, 0.15) is 24.7 Å². The first-order valence-corrected chi connectivity index (χ1v) is 7.00. The van der Waals surface area contributed by atoms with Crippen molar-refractivity contribution in [2.24, 2.45) is 0 Å². The van der Waals surface area contributed by atoms with Crippen molar-refractivity contribution >= 4 is 11.4 Å². The molecule has 0 spiro atoms. The lowest BCUT2D eigenvalue weighted by molar-refractivity contribution is 1.52. The van der Waals surface area contributed by atoms with Crippen LogP contribution in [0.25, 0.3) is 22.3 Å². The Morgan fingerprint density at radius 1 is 0.520 bits per heavy atom. The molecule has 0 aliphatic rings. The molecular formula is C24H19N. The van der Waals surface area contributed by atoms with Crippen LogP contribution in [0.15, 0.2) is 109 Å². The molecule has 0 amide bonds. The van der Waals surface area contributed by atoms with Gasteiger partial charge >= 0.3 is 0 Å². The number of hydrogen-bond acceptors (Lipinski definition) is 1. The molecule has 120 valence electrons. The van der Waals surface area contributed by atoms with Gasteiger partial charge in [0.15, 0.2) is 0 Å². The molecule has 4 aromatic carbocycles. The van der Waals surface area contributed by atoms with E-state index in [2.05, 4.69) is 5.32 Å². The summed E-state index contributed by atoms with van der Waals surface area (Å²) in [6.45, 7) is 0. The summed E-state index contributed by atoms with van der Waals surface area (Å²) in [5.41, 5.74) is -3.93. The van der Waals surface area contributed by atoms with Crippen molar-refractivity contribution < 1.29 is 24.7 Å². The van der Waals surface area contributed by atoms with E-state index in [-0.39, 0.29) is 0 Å². The quantitative estimate of drug-likeness (QED) is 0.433. The Bertz CT molecular complexity index is 1800. The van der Waals surface area contributed by atoms with Crippen molar-refractivity contribution in [1.29, 1.82) is 0 Å². The van der Waals surface area contributed by atoms with E-state index in [0.29, 0.717) is 0 Å². The molecule has 1 nitrogen and oxygen atoms in total. The van der Waals surface area contributed by atoms with E-state index in [9.17, 15) is 0 Å². The molecule has 1 heteroatoms. The number of para-hydroxylation sites is 1. The van der Waals surface area contributed by atoms with Gasteiger partial charge in [-0.05, 0) is 40.9 Å². The van der Waals surface area contributed by atoms with Crippen LogP contribution in [0.2, 0.25) is 0 Å².